The largest absolute Gasteiger partial charge is 0.467 e. The van der Waals surface area contributed by atoms with Crippen LogP contribution in [0.4, 0.5) is 5.69 Å². The normalized spacial score (nSPS) is 11.2. The van der Waals surface area contributed by atoms with Gasteiger partial charge < -0.3 is 9.32 Å². The van der Waals surface area contributed by atoms with Gasteiger partial charge in [0, 0.05) is 18.3 Å². The molecule has 0 fully saturated rings. The van der Waals surface area contributed by atoms with E-state index < -0.39 is 10.0 Å². The van der Waals surface area contributed by atoms with E-state index in [1.807, 2.05) is 0 Å². The average molecular weight is 439 g/mol. The maximum Gasteiger partial charge on any atom is 0.261 e. The van der Waals surface area contributed by atoms with Gasteiger partial charge in [0.1, 0.15) is 5.76 Å². The third-order valence-electron chi connectivity index (χ3n) is 3.91. The van der Waals surface area contributed by atoms with Crippen molar-refractivity contribution in [1.82, 2.24) is 4.90 Å². The highest BCUT2D eigenvalue weighted by atomic mass is 35.5. The number of amides is 1. The minimum Gasteiger partial charge on any atom is -0.467 e. The first kappa shape index (κ1) is 20.3. The van der Waals surface area contributed by atoms with E-state index in [0.29, 0.717) is 23.6 Å². The Morgan fingerprint density at radius 3 is 2.39 bits per heavy atom. The van der Waals surface area contributed by atoms with Gasteiger partial charge in [0.15, 0.2) is 0 Å². The van der Waals surface area contributed by atoms with Crippen molar-refractivity contribution in [2.24, 2.45) is 0 Å². The molecule has 0 unspecified atom stereocenters. The lowest BCUT2D eigenvalue weighted by Crippen LogP contribution is -2.26. The van der Waals surface area contributed by atoms with Gasteiger partial charge in [-0.1, -0.05) is 23.2 Å². The summed E-state index contributed by atoms with van der Waals surface area (Å²) in [6, 6.07) is 13.7. The maximum atomic E-state index is 12.5. The molecule has 3 rings (SSSR count). The van der Waals surface area contributed by atoms with Crippen molar-refractivity contribution in [3.63, 3.8) is 0 Å². The van der Waals surface area contributed by atoms with Gasteiger partial charge in [0.2, 0.25) is 0 Å². The first-order valence-corrected chi connectivity index (χ1v) is 10.4. The molecule has 9 heteroatoms. The van der Waals surface area contributed by atoms with Crippen LogP contribution in [0.25, 0.3) is 0 Å². The highest BCUT2D eigenvalue weighted by Crippen LogP contribution is 2.26. The molecular formula is C19H16Cl2N2O4S. The van der Waals surface area contributed by atoms with Gasteiger partial charge in [-0.05, 0) is 54.6 Å². The molecule has 2 aromatic carbocycles. The number of hydrogen-bond acceptors (Lipinski definition) is 4. The van der Waals surface area contributed by atoms with E-state index in [4.69, 9.17) is 27.6 Å². The van der Waals surface area contributed by atoms with Crippen LogP contribution in [0.5, 0.6) is 0 Å². The number of furan rings is 1. The molecule has 0 saturated carbocycles. The molecule has 1 aromatic heterocycles. The molecule has 0 aliphatic rings. The second kappa shape index (κ2) is 8.26. The number of hydrogen-bond donors (Lipinski definition) is 1. The molecule has 0 atom stereocenters. The second-order valence-electron chi connectivity index (χ2n) is 6.00. The average Bonchev–Trinajstić information content (AvgIpc) is 3.16. The van der Waals surface area contributed by atoms with Crippen LogP contribution in [0.2, 0.25) is 10.0 Å². The third kappa shape index (κ3) is 4.67. The lowest BCUT2D eigenvalue weighted by Gasteiger charge is -2.16. The monoisotopic (exact) mass is 438 g/mol. The van der Waals surface area contributed by atoms with Crippen molar-refractivity contribution in [3.05, 3.63) is 82.2 Å². The highest BCUT2D eigenvalue weighted by molar-refractivity contribution is 7.92. The molecule has 6 nitrogen and oxygen atoms in total. The standard InChI is InChI=1S/C19H16Cl2N2O4S/c1-23(12-15-3-2-10-27-15)19(24)13-4-6-14(7-5-13)22-28(25,26)16-8-9-17(20)18(21)11-16/h2-11,22H,12H2,1H3. The first-order valence-electron chi connectivity index (χ1n) is 8.12. The van der Waals surface area contributed by atoms with Crippen LogP contribution in [0.1, 0.15) is 16.1 Å². The van der Waals surface area contributed by atoms with Gasteiger partial charge in [-0.3, -0.25) is 9.52 Å². The zero-order valence-electron chi connectivity index (χ0n) is 14.7. The van der Waals surface area contributed by atoms with E-state index in [1.165, 1.54) is 35.2 Å². The van der Waals surface area contributed by atoms with Gasteiger partial charge in [-0.15, -0.1) is 0 Å². The Bertz CT molecular complexity index is 1080. The lowest BCUT2D eigenvalue weighted by molar-refractivity contribution is 0.0775. The summed E-state index contributed by atoms with van der Waals surface area (Å²) < 4.78 is 32.6. The predicted octanol–water partition coefficient (Wildman–Crippen LogP) is 4.66. The molecule has 146 valence electrons. The zero-order valence-corrected chi connectivity index (χ0v) is 17.1. The van der Waals surface area contributed by atoms with Gasteiger partial charge in [-0.25, -0.2) is 8.42 Å². The Labute approximate surface area is 172 Å². The van der Waals surface area contributed by atoms with Gasteiger partial charge in [0.05, 0.1) is 27.7 Å². The number of anilines is 1. The summed E-state index contributed by atoms with van der Waals surface area (Å²) in [4.78, 5) is 14.0. The molecule has 0 aliphatic carbocycles. The lowest BCUT2D eigenvalue weighted by atomic mass is 10.2. The molecule has 0 bridgehead atoms. The van der Waals surface area contributed by atoms with E-state index in [2.05, 4.69) is 4.72 Å². The SMILES string of the molecule is CN(Cc1ccco1)C(=O)c1ccc(NS(=O)(=O)c2ccc(Cl)c(Cl)c2)cc1. The number of sulfonamides is 1. The van der Waals surface area contributed by atoms with Crippen molar-refractivity contribution in [3.8, 4) is 0 Å². The molecule has 1 N–H and O–H groups in total. The summed E-state index contributed by atoms with van der Waals surface area (Å²) in [6.07, 6.45) is 1.54. The molecule has 3 aromatic rings. The number of carbonyl (C=O) groups is 1. The molecular weight excluding hydrogens is 423 g/mol. The van der Waals surface area contributed by atoms with Crippen molar-refractivity contribution in [2.45, 2.75) is 11.4 Å². The summed E-state index contributed by atoms with van der Waals surface area (Å²) >= 11 is 11.7. The maximum absolute atomic E-state index is 12.5. The molecule has 0 spiro atoms. The quantitative estimate of drug-likeness (QED) is 0.606. The highest BCUT2D eigenvalue weighted by Gasteiger charge is 2.17. The van der Waals surface area contributed by atoms with Crippen LogP contribution in [0.3, 0.4) is 0 Å². The fraction of sp³-hybridized carbons (Fsp3) is 0.105. The Kier molecular flexibility index (Phi) is 5.98. The van der Waals surface area contributed by atoms with Gasteiger partial charge >= 0.3 is 0 Å². The molecule has 1 heterocycles. The summed E-state index contributed by atoms with van der Waals surface area (Å²) in [7, 11) is -2.18. The first-order chi connectivity index (χ1) is 13.3. The molecule has 0 radical (unpaired) electrons. The number of rotatable bonds is 6. The number of nitrogens with zero attached hydrogens (tertiary/aromatic N) is 1. The van der Waals surface area contributed by atoms with Crippen LogP contribution in [0.15, 0.2) is 70.2 Å². The summed E-state index contributed by atoms with van der Waals surface area (Å²) in [5.41, 5.74) is 0.739. The predicted molar refractivity (Wildman–Crippen MR) is 108 cm³/mol. The Balaban J connectivity index is 1.71. The van der Waals surface area contributed by atoms with Crippen LogP contribution >= 0.6 is 23.2 Å². The molecule has 0 aliphatic heterocycles. The molecule has 28 heavy (non-hydrogen) atoms. The minimum absolute atomic E-state index is 0.0137. The second-order valence-corrected chi connectivity index (χ2v) is 8.50. The third-order valence-corrected chi connectivity index (χ3v) is 6.02. The van der Waals surface area contributed by atoms with E-state index in [1.54, 1.807) is 37.6 Å². The summed E-state index contributed by atoms with van der Waals surface area (Å²) in [6.45, 7) is 0.331. The topological polar surface area (TPSA) is 79.6 Å². The van der Waals surface area contributed by atoms with E-state index >= 15 is 0 Å². The number of halogens is 2. The van der Waals surface area contributed by atoms with Gasteiger partial charge in [0.25, 0.3) is 15.9 Å². The Hall–Kier alpha value is -2.48. The number of nitrogens with one attached hydrogen (secondary N) is 1. The molecule has 1 amide bonds. The summed E-state index contributed by atoms with van der Waals surface area (Å²) in [5.74, 6) is 0.456. The minimum atomic E-state index is -3.84. The van der Waals surface area contributed by atoms with Crippen molar-refractivity contribution < 1.29 is 17.6 Å². The van der Waals surface area contributed by atoms with E-state index in [9.17, 15) is 13.2 Å². The van der Waals surface area contributed by atoms with Crippen molar-refractivity contribution in [2.75, 3.05) is 11.8 Å². The van der Waals surface area contributed by atoms with Crippen molar-refractivity contribution >= 4 is 44.8 Å². The Morgan fingerprint density at radius 1 is 1.07 bits per heavy atom. The fourth-order valence-electron chi connectivity index (χ4n) is 2.47. The van der Waals surface area contributed by atoms with Crippen LogP contribution in [-0.4, -0.2) is 26.3 Å². The number of benzene rings is 2. The van der Waals surface area contributed by atoms with Gasteiger partial charge in [-0.2, -0.15) is 0 Å². The van der Waals surface area contributed by atoms with Crippen molar-refractivity contribution in [1.29, 1.82) is 0 Å². The number of carbonyl (C=O) groups excluding carboxylic acids is 1. The molecule has 0 saturated heterocycles. The zero-order chi connectivity index (χ0) is 20.3. The van der Waals surface area contributed by atoms with E-state index in [0.717, 1.165) is 0 Å². The van der Waals surface area contributed by atoms with Crippen LogP contribution in [0, 0.1) is 0 Å². The van der Waals surface area contributed by atoms with E-state index in [-0.39, 0.29) is 20.8 Å². The van der Waals surface area contributed by atoms with Crippen LogP contribution < -0.4 is 4.72 Å². The van der Waals surface area contributed by atoms with Crippen LogP contribution in [-0.2, 0) is 16.6 Å². The Morgan fingerprint density at radius 2 is 1.79 bits per heavy atom. The smallest absolute Gasteiger partial charge is 0.261 e. The summed E-state index contributed by atoms with van der Waals surface area (Å²) in [5, 5.41) is 0.409. The fourth-order valence-corrected chi connectivity index (χ4v) is 3.91.